The molecule has 96 valence electrons. The molecule has 0 saturated carbocycles. The van der Waals surface area contributed by atoms with Crippen molar-refractivity contribution in [2.75, 3.05) is 0 Å². The standard InChI is InChI=1S/C15H31N/c1-6-7-8-9-10-11-12-13-14(2)16-15(3,4)5/h6-13H2,1-5H3. The van der Waals surface area contributed by atoms with Crippen molar-refractivity contribution in [2.24, 2.45) is 4.99 Å². The molecule has 1 heteroatoms. The molecule has 0 saturated heterocycles. The van der Waals surface area contributed by atoms with Gasteiger partial charge < -0.3 is 0 Å². The van der Waals surface area contributed by atoms with Gasteiger partial charge >= 0.3 is 0 Å². The number of rotatable bonds is 8. The van der Waals surface area contributed by atoms with Gasteiger partial charge in [0, 0.05) is 5.71 Å². The van der Waals surface area contributed by atoms with Gasteiger partial charge in [0.1, 0.15) is 0 Å². The summed E-state index contributed by atoms with van der Waals surface area (Å²) < 4.78 is 0. The Morgan fingerprint density at radius 2 is 1.38 bits per heavy atom. The molecule has 0 spiro atoms. The molecule has 0 aliphatic rings. The van der Waals surface area contributed by atoms with Crippen LogP contribution in [-0.2, 0) is 0 Å². The summed E-state index contributed by atoms with van der Waals surface area (Å²) in [5.41, 5.74) is 1.42. The van der Waals surface area contributed by atoms with Crippen LogP contribution in [-0.4, -0.2) is 11.3 Å². The van der Waals surface area contributed by atoms with Crippen LogP contribution in [0.3, 0.4) is 0 Å². The predicted molar refractivity (Wildman–Crippen MR) is 75.5 cm³/mol. The Morgan fingerprint density at radius 3 is 1.88 bits per heavy atom. The van der Waals surface area contributed by atoms with Gasteiger partial charge in [-0.05, 0) is 40.5 Å². The third-order valence-electron chi connectivity index (χ3n) is 2.67. The minimum atomic E-state index is 0.102. The summed E-state index contributed by atoms with van der Waals surface area (Å²) in [6.07, 6.45) is 10.9. The molecule has 1 nitrogen and oxygen atoms in total. The minimum Gasteiger partial charge on any atom is -0.289 e. The second-order valence-electron chi connectivity index (χ2n) is 5.89. The number of hydrogen-bond donors (Lipinski definition) is 0. The molecule has 0 fully saturated rings. The molecule has 0 aliphatic heterocycles. The molecule has 0 aromatic heterocycles. The van der Waals surface area contributed by atoms with Crippen LogP contribution in [0.15, 0.2) is 4.99 Å². The molecule has 0 unspecified atom stereocenters. The fourth-order valence-corrected chi connectivity index (χ4v) is 1.97. The third kappa shape index (κ3) is 11.7. The highest BCUT2D eigenvalue weighted by Crippen LogP contribution is 2.11. The largest absolute Gasteiger partial charge is 0.289 e. The van der Waals surface area contributed by atoms with Gasteiger partial charge in [0.05, 0.1) is 5.54 Å². The maximum atomic E-state index is 4.67. The van der Waals surface area contributed by atoms with Gasteiger partial charge in [0.15, 0.2) is 0 Å². The van der Waals surface area contributed by atoms with Gasteiger partial charge in [0.2, 0.25) is 0 Å². The van der Waals surface area contributed by atoms with E-state index in [-0.39, 0.29) is 5.54 Å². The van der Waals surface area contributed by atoms with Gasteiger partial charge in [0.25, 0.3) is 0 Å². The summed E-state index contributed by atoms with van der Waals surface area (Å²) >= 11 is 0. The number of nitrogens with zero attached hydrogens (tertiary/aromatic N) is 1. The van der Waals surface area contributed by atoms with E-state index in [2.05, 4.69) is 39.6 Å². The van der Waals surface area contributed by atoms with Gasteiger partial charge in [-0.1, -0.05) is 45.4 Å². The Morgan fingerprint density at radius 1 is 0.875 bits per heavy atom. The van der Waals surface area contributed by atoms with Crippen LogP contribution in [0, 0.1) is 0 Å². The Labute approximate surface area is 103 Å². The van der Waals surface area contributed by atoms with Gasteiger partial charge in [-0.15, -0.1) is 0 Å². The first-order valence-corrected chi connectivity index (χ1v) is 7.01. The lowest BCUT2D eigenvalue weighted by molar-refractivity contribution is 0.574. The zero-order valence-electron chi connectivity index (χ0n) is 12.1. The molecule has 0 amide bonds. The summed E-state index contributed by atoms with van der Waals surface area (Å²) in [5, 5.41) is 0. The second-order valence-corrected chi connectivity index (χ2v) is 5.89. The highest BCUT2D eigenvalue weighted by Gasteiger charge is 2.06. The van der Waals surface area contributed by atoms with Crippen LogP contribution in [0.1, 0.15) is 86.0 Å². The van der Waals surface area contributed by atoms with E-state index in [1.165, 1.54) is 57.1 Å². The zero-order chi connectivity index (χ0) is 12.4. The first-order chi connectivity index (χ1) is 7.45. The molecule has 0 aromatic carbocycles. The van der Waals surface area contributed by atoms with Gasteiger partial charge in [-0.2, -0.15) is 0 Å². The Bertz CT molecular complexity index is 186. The molecule has 0 aliphatic carbocycles. The van der Waals surface area contributed by atoms with Crippen LogP contribution in [0.25, 0.3) is 0 Å². The van der Waals surface area contributed by atoms with Crippen molar-refractivity contribution in [2.45, 2.75) is 91.5 Å². The summed E-state index contributed by atoms with van der Waals surface area (Å²) in [4.78, 5) is 4.67. The molecular formula is C15H31N. The Kier molecular flexibility index (Phi) is 8.60. The Balaban J connectivity index is 3.41. The average molecular weight is 225 g/mol. The van der Waals surface area contributed by atoms with E-state index < -0.39 is 0 Å². The van der Waals surface area contributed by atoms with Crippen molar-refractivity contribution in [3.8, 4) is 0 Å². The maximum Gasteiger partial charge on any atom is 0.0523 e. The number of hydrogen-bond acceptors (Lipinski definition) is 1. The first-order valence-electron chi connectivity index (χ1n) is 7.01. The van der Waals surface area contributed by atoms with E-state index in [9.17, 15) is 0 Å². The maximum absolute atomic E-state index is 4.67. The van der Waals surface area contributed by atoms with Crippen LogP contribution in [0.4, 0.5) is 0 Å². The van der Waals surface area contributed by atoms with Crippen molar-refractivity contribution in [3.63, 3.8) is 0 Å². The molecule has 0 heterocycles. The van der Waals surface area contributed by atoms with Crippen LogP contribution in [0.2, 0.25) is 0 Å². The average Bonchev–Trinajstić information content (AvgIpc) is 2.13. The first kappa shape index (κ1) is 15.7. The number of aliphatic imine (C=N–C) groups is 1. The van der Waals surface area contributed by atoms with Crippen LogP contribution >= 0.6 is 0 Å². The van der Waals surface area contributed by atoms with Gasteiger partial charge in [-0.25, -0.2) is 0 Å². The van der Waals surface area contributed by atoms with Crippen LogP contribution in [0.5, 0.6) is 0 Å². The molecule has 0 N–H and O–H groups in total. The topological polar surface area (TPSA) is 12.4 Å². The molecule has 0 rings (SSSR count). The third-order valence-corrected chi connectivity index (χ3v) is 2.67. The minimum absolute atomic E-state index is 0.102. The van der Waals surface area contributed by atoms with Gasteiger partial charge in [-0.3, -0.25) is 4.99 Å². The Hall–Kier alpha value is -0.330. The normalized spacial score (nSPS) is 13.2. The quantitative estimate of drug-likeness (QED) is 0.388. The van der Waals surface area contributed by atoms with E-state index in [4.69, 9.17) is 0 Å². The predicted octanol–water partition coefficient (Wildman–Crippen LogP) is 5.39. The van der Waals surface area contributed by atoms with E-state index >= 15 is 0 Å². The molecule has 0 bridgehead atoms. The summed E-state index contributed by atoms with van der Waals surface area (Å²) in [7, 11) is 0. The van der Waals surface area contributed by atoms with E-state index in [0.29, 0.717) is 0 Å². The lowest BCUT2D eigenvalue weighted by atomic mass is 10.1. The van der Waals surface area contributed by atoms with Crippen molar-refractivity contribution < 1.29 is 0 Å². The van der Waals surface area contributed by atoms with E-state index in [1.807, 2.05) is 0 Å². The van der Waals surface area contributed by atoms with E-state index in [1.54, 1.807) is 0 Å². The molecule has 0 atom stereocenters. The van der Waals surface area contributed by atoms with Crippen LogP contribution < -0.4 is 0 Å². The fourth-order valence-electron chi connectivity index (χ4n) is 1.97. The highest BCUT2D eigenvalue weighted by atomic mass is 14.8. The fraction of sp³-hybridized carbons (Fsp3) is 0.933. The second kappa shape index (κ2) is 8.78. The summed E-state index contributed by atoms with van der Waals surface area (Å²) in [5.74, 6) is 0. The lowest BCUT2D eigenvalue weighted by Crippen LogP contribution is -2.12. The molecule has 0 radical (unpaired) electrons. The van der Waals surface area contributed by atoms with E-state index in [0.717, 1.165) is 0 Å². The summed E-state index contributed by atoms with van der Waals surface area (Å²) in [6.45, 7) is 10.9. The van der Waals surface area contributed by atoms with Crippen molar-refractivity contribution in [1.29, 1.82) is 0 Å². The smallest absolute Gasteiger partial charge is 0.0523 e. The number of unbranched alkanes of at least 4 members (excludes halogenated alkanes) is 6. The summed E-state index contributed by atoms with van der Waals surface area (Å²) in [6, 6.07) is 0. The molecule has 16 heavy (non-hydrogen) atoms. The lowest BCUT2D eigenvalue weighted by Gasteiger charge is -2.13. The molecular weight excluding hydrogens is 194 g/mol. The highest BCUT2D eigenvalue weighted by molar-refractivity contribution is 5.82. The monoisotopic (exact) mass is 225 g/mol. The molecule has 0 aromatic rings. The van der Waals surface area contributed by atoms with Crippen molar-refractivity contribution in [1.82, 2.24) is 0 Å². The van der Waals surface area contributed by atoms with Crippen molar-refractivity contribution >= 4 is 5.71 Å². The zero-order valence-corrected chi connectivity index (χ0v) is 12.1. The van der Waals surface area contributed by atoms with Crippen molar-refractivity contribution in [3.05, 3.63) is 0 Å². The SMILES string of the molecule is CCCCCCCCCC(C)=NC(C)(C)C.